The summed E-state index contributed by atoms with van der Waals surface area (Å²) in [5.41, 5.74) is 2.05. The molecule has 1 aromatic carbocycles. The van der Waals surface area contributed by atoms with Crippen LogP contribution < -0.4 is 10.1 Å². The third-order valence-corrected chi connectivity index (χ3v) is 3.57. The van der Waals surface area contributed by atoms with Crippen LogP contribution in [0.15, 0.2) is 28.7 Å². The van der Waals surface area contributed by atoms with Gasteiger partial charge in [0, 0.05) is 12.1 Å². The minimum absolute atomic E-state index is 0.125. The predicted octanol–water partition coefficient (Wildman–Crippen LogP) is 4.08. The number of benzene rings is 1. The quantitative estimate of drug-likeness (QED) is 0.892. The number of aryl methyl sites for hydroxylation is 2. The fourth-order valence-corrected chi connectivity index (χ4v) is 2.27. The number of hydrogen-bond acceptors (Lipinski definition) is 3. The average Bonchev–Trinajstić information content (AvgIpc) is 2.76. The Hall–Kier alpha value is -2.44. The summed E-state index contributed by atoms with van der Waals surface area (Å²) in [6, 6.07) is 6.08. The first-order valence-corrected chi connectivity index (χ1v) is 7.30. The minimum atomic E-state index is -4.37. The van der Waals surface area contributed by atoms with E-state index < -0.39 is 12.8 Å². The molecule has 0 fully saturated rings. The molecule has 130 valence electrons. The zero-order chi connectivity index (χ0) is 17.9. The molecule has 0 aliphatic carbocycles. The largest absolute Gasteiger partial charge is 0.484 e. The molecular formula is C17H18F3NO3. The highest BCUT2D eigenvalue weighted by Crippen LogP contribution is 2.21. The molecule has 0 aliphatic rings. The van der Waals surface area contributed by atoms with E-state index in [4.69, 9.17) is 4.42 Å². The van der Waals surface area contributed by atoms with Crippen molar-refractivity contribution in [3.63, 3.8) is 0 Å². The van der Waals surface area contributed by atoms with Gasteiger partial charge in [0.25, 0.3) is 5.91 Å². The highest BCUT2D eigenvalue weighted by atomic mass is 19.4. The van der Waals surface area contributed by atoms with Crippen molar-refractivity contribution >= 4 is 5.91 Å². The number of ether oxygens (including phenoxy) is 1. The average molecular weight is 341 g/mol. The van der Waals surface area contributed by atoms with Crippen LogP contribution in [0.2, 0.25) is 0 Å². The number of halogens is 3. The Kier molecular flexibility index (Phi) is 5.21. The van der Waals surface area contributed by atoms with Crippen molar-refractivity contribution in [2.75, 3.05) is 6.61 Å². The molecule has 7 heteroatoms. The molecule has 1 N–H and O–H groups in total. The molecule has 0 saturated heterocycles. The smallest absolute Gasteiger partial charge is 0.422 e. The molecule has 1 aromatic heterocycles. The molecule has 24 heavy (non-hydrogen) atoms. The predicted molar refractivity (Wildman–Crippen MR) is 82.1 cm³/mol. The lowest BCUT2D eigenvalue weighted by Gasteiger charge is -2.10. The lowest BCUT2D eigenvalue weighted by molar-refractivity contribution is -0.153. The molecule has 2 aromatic rings. The van der Waals surface area contributed by atoms with Crippen LogP contribution in [0.5, 0.6) is 5.75 Å². The Bertz CT molecular complexity index is 718. The number of amides is 1. The van der Waals surface area contributed by atoms with Crippen molar-refractivity contribution in [2.45, 2.75) is 33.5 Å². The van der Waals surface area contributed by atoms with Gasteiger partial charge in [-0.05, 0) is 38.5 Å². The summed E-state index contributed by atoms with van der Waals surface area (Å²) in [5, 5.41) is 2.77. The van der Waals surface area contributed by atoms with Gasteiger partial charge in [0.15, 0.2) is 6.61 Å². The van der Waals surface area contributed by atoms with E-state index in [0.717, 1.165) is 11.1 Å². The summed E-state index contributed by atoms with van der Waals surface area (Å²) in [7, 11) is 0. The van der Waals surface area contributed by atoms with Crippen molar-refractivity contribution in [3.8, 4) is 5.75 Å². The zero-order valence-electron chi connectivity index (χ0n) is 13.6. The van der Waals surface area contributed by atoms with Gasteiger partial charge in [0.05, 0.1) is 5.56 Å². The standard InChI is InChI=1S/C17H18F3NO3/c1-10-11(2)24-12(3)15(10)16(22)21-8-13-4-6-14(7-5-13)23-9-17(18,19)20/h4-7H,8-9H2,1-3H3,(H,21,22). The van der Waals surface area contributed by atoms with Gasteiger partial charge in [-0.25, -0.2) is 0 Å². The molecule has 0 radical (unpaired) electrons. The molecule has 2 rings (SSSR count). The van der Waals surface area contributed by atoms with E-state index in [1.165, 1.54) is 12.1 Å². The summed E-state index contributed by atoms with van der Waals surface area (Å²) < 4.78 is 46.3. The number of nitrogens with one attached hydrogen (secondary N) is 1. The molecule has 0 saturated carbocycles. The first-order chi connectivity index (χ1) is 11.2. The summed E-state index contributed by atoms with van der Waals surface area (Å²) >= 11 is 0. The second kappa shape index (κ2) is 6.98. The number of carbonyl (C=O) groups is 1. The summed E-state index contributed by atoms with van der Waals surface area (Å²) in [6.45, 7) is 4.25. The van der Waals surface area contributed by atoms with E-state index >= 15 is 0 Å². The van der Waals surface area contributed by atoms with Crippen molar-refractivity contribution in [2.24, 2.45) is 0 Å². The summed E-state index contributed by atoms with van der Waals surface area (Å²) in [4.78, 5) is 12.2. The van der Waals surface area contributed by atoms with Crippen LogP contribution in [0.1, 0.15) is 33.0 Å². The van der Waals surface area contributed by atoms with E-state index in [1.54, 1.807) is 26.0 Å². The lowest BCUT2D eigenvalue weighted by atomic mass is 10.1. The van der Waals surface area contributed by atoms with Gasteiger partial charge in [0.1, 0.15) is 17.3 Å². The van der Waals surface area contributed by atoms with Gasteiger partial charge < -0.3 is 14.5 Å². The molecule has 0 spiro atoms. The van der Waals surface area contributed by atoms with Crippen molar-refractivity contribution < 1.29 is 27.1 Å². The highest BCUT2D eigenvalue weighted by molar-refractivity contribution is 5.96. The molecule has 0 bridgehead atoms. The van der Waals surface area contributed by atoms with Crippen LogP contribution in [0.4, 0.5) is 13.2 Å². The Morgan fingerprint density at radius 1 is 1.12 bits per heavy atom. The summed E-state index contributed by atoms with van der Waals surface area (Å²) in [6.07, 6.45) is -4.37. The molecule has 1 heterocycles. The van der Waals surface area contributed by atoms with Crippen LogP contribution >= 0.6 is 0 Å². The lowest BCUT2D eigenvalue weighted by Crippen LogP contribution is -2.23. The highest BCUT2D eigenvalue weighted by Gasteiger charge is 2.28. The zero-order valence-corrected chi connectivity index (χ0v) is 13.6. The van der Waals surface area contributed by atoms with Crippen LogP contribution in [-0.4, -0.2) is 18.7 Å². The van der Waals surface area contributed by atoms with Gasteiger partial charge in [0.2, 0.25) is 0 Å². The number of rotatable bonds is 5. The van der Waals surface area contributed by atoms with E-state index in [-0.39, 0.29) is 18.2 Å². The fourth-order valence-electron chi connectivity index (χ4n) is 2.27. The van der Waals surface area contributed by atoms with Crippen molar-refractivity contribution in [1.82, 2.24) is 5.32 Å². The van der Waals surface area contributed by atoms with Crippen LogP contribution in [0.25, 0.3) is 0 Å². The first kappa shape index (κ1) is 17.9. The number of furan rings is 1. The van der Waals surface area contributed by atoms with Crippen molar-refractivity contribution in [1.29, 1.82) is 0 Å². The van der Waals surface area contributed by atoms with Gasteiger partial charge >= 0.3 is 6.18 Å². The maximum Gasteiger partial charge on any atom is 0.422 e. The maximum atomic E-state index is 12.2. The second-order valence-corrected chi connectivity index (χ2v) is 5.44. The second-order valence-electron chi connectivity index (χ2n) is 5.44. The van der Waals surface area contributed by atoms with E-state index in [1.807, 2.05) is 6.92 Å². The van der Waals surface area contributed by atoms with Gasteiger partial charge in [-0.2, -0.15) is 13.2 Å². The third kappa shape index (κ3) is 4.53. The van der Waals surface area contributed by atoms with E-state index in [0.29, 0.717) is 17.1 Å². The third-order valence-electron chi connectivity index (χ3n) is 3.57. The molecule has 4 nitrogen and oxygen atoms in total. The maximum absolute atomic E-state index is 12.2. The van der Waals surface area contributed by atoms with Crippen LogP contribution in [-0.2, 0) is 6.54 Å². The molecular weight excluding hydrogens is 323 g/mol. The van der Waals surface area contributed by atoms with Gasteiger partial charge in [-0.3, -0.25) is 4.79 Å². The number of hydrogen-bond donors (Lipinski definition) is 1. The Morgan fingerprint density at radius 3 is 2.25 bits per heavy atom. The van der Waals surface area contributed by atoms with Crippen molar-refractivity contribution in [3.05, 3.63) is 52.5 Å². The number of alkyl halides is 3. The van der Waals surface area contributed by atoms with Crippen LogP contribution in [0.3, 0.4) is 0 Å². The van der Waals surface area contributed by atoms with Crippen LogP contribution in [0, 0.1) is 20.8 Å². The fraction of sp³-hybridized carbons (Fsp3) is 0.353. The van der Waals surface area contributed by atoms with E-state index in [9.17, 15) is 18.0 Å². The molecule has 0 aliphatic heterocycles. The first-order valence-electron chi connectivity index (χ1n) is 7.30. The SMILES string of the molecule is Cc1oc(C)c(C(=O)NCc2ccc(OCC(F)(F)F)cc2)c1C. The minimum Gasteiger partial charge on any atom is -0.484 e. The molecule has 0 atom stereocenters. The monoisotopic (exact) mass is 341 g/mol. The normalized spacial score (nSPS) is 11.4. The van der Waals surface area contributed by atoms with Gasteiger partial charge in [-0.15, -0.1) is 0 Å². The Morgan fingerprint density at radius 2 is 1.75 bits per heavy atom. The van der Waals surface area contributed by atoms with Gasteiger partial charge in [-0.1, -0.05) is 12.1 Å². The van der Waals surface area contributed by atoms with E-state index in [2.05, 4.69) is 10.1 Å². The summed E-state index contributed by atoms with van der Waals surface area (Å²) in [5.74, 6) is 1.13. The number of carbonyl (C=O) groups excluding carboxylic acids is 1. The molecule has 0 unspecified atom stereocenters. The molecule has 1 amide bonds. The Labute approximate surface area is 137 Å². The Balaban J connectivity index is 1.93. The topological polar surface area (TPSA) is 51.5 Å².